The molecular formula is C8H17NO2. The van der Waals surface area contributed by atoms with Gasteiger partial charge in [0.25, 0.3) is 0 Å². The summed E-state index contributed by atoms with van der Waals surface area (Å²) in [4.78, 5) is 15.7. The van der Waals surface area contributed by atoms with Gasteiger partial charge in [-0.1, -0.05) is 13.8 Å². The highest BCUT2D eigenvalue weighted by molar-refractivity contribution is 5.79. The zero-order chi connectivity index (χ0) is 8.85. The van der Waals surface area contributed by atoms with E-state index in [1.54, 1.807) is 6.92 Å². The first kappa shape index (κ1) is 10.6. The Morgan fingerprint density at radius 2 is 2.00 bits per heavy atom. The fraction of sp³-hybridized carbons (Fsp3) is 0.875. The van der Waals surface area contributed by atoms with Crippen LogP contribution in [0.5, 0.6) is 0 Å². The number of rotatable bonds is 5. The molecule has 0 fully saturated rings. The maximum atomic E-state index is 10.7. The number of hydroxylamine groups is 1. The van der Waals surface area contributed by atoms with E-state index in [1.807, 2.05) is 0 Å². The van der Waals surface area contributed by atoms with Gasteiger partial charge in [0.2, 0.25) is 0 Å². The lowest BCUT2D eigenvalue weighted by Gasteiger charge is -2.11. The van der Waals surface area contributed by atoms with Crippen molar-refractivity contribution >= 4 is 5.78 Å². The SMILES string of the molecule is CC(=O)C(C)ONCC(C)C. The van der Waals surface area contributed by atoms with E-state index in [0.29, 0.717) is 5.92 Å². The van der Waals surface area contributed by atoms with Crippen molar-refractivity contribution in [3.05, 3.63) is 0 Å². The third-order valence-corrected chi connectivity index (χ3v) is 1.32. The Labute approximate surface area is 68.1 Å². The van der Waals surface area contributed by atoms with Crippen LogP contribution in [-0.4, -0.2) is 18.4 Å². The van der Waals surface area contributed by atoms with Gasteiger partial charge in [0.05, 0.1) is 0 Å². The number of Topliss-reactive ketones (excluding diaryl/α,β-unsaturated/α-hetero) is 1. The first-order valence-electron chi connectivity index (χ1n) is 3.93. The van der Waals surface area contributed by atoms with Gasteiger partial charge in [-0.15, -0.1) is 0 Å². The minimum atomic E-state index is -0.339. The van der Waals surface area contributed by atoms with Crippen LogP contribution in [0.25, 0.3) is 0 Å². The fourth-order valence-electron chi connectivity index (χ4n) is 0.423. The molecular weight excluding hydrogens is 142 g/mol. The lowest BCUT2D eigenvalue weighted by molar-refractivity contribution is -0.132. The van der Waals surface area contributed by atoms with E-state index in [2.05, 4.69) is 19.3 Å². The Morgan fingerprint density at radius 3 is 2.36 bits per heavy atom. The molecule has 0 aromatic carbocycles. The predicted molar refractivity (Wildman–Crippen MR) is 44.1 cm³/mol. The van der Waals surface area contributed by atoms with Gasteiger partial charge in [-0.05, 0) is 19.8 Å². The van der Waals surface area contributed by atoms with Crippen LogP contribution in [-0.2, 0) is 9.63 Å². The van der Waals surface area contributed by atoms with Crippen molar-refractivity contribution in [1.82, 2.24) is 5.48 Å². The van der Waals surface area contributed by atoms with Crippen LogP contribution in [0.4, 0.5) is 0 Å². The Morgan fingerprint density at radius 1 is 1.45 bits per heavy atom. The quantitative estimate of drug-likeness (QED) is 0.611. The molecule has 0 bridgehead atoms. The van der Waals surface area contributed by atoms with Gasteiger partial charge in [-0.3, -0.25) is 9.63 Å². The summed E-state index contributed by atoms with van der Waals surface area (Å²) < 4.78 is 0. The van der Waals surface area contributed by atoms with Crippen molar-refractivity contribution < 1.29 is 9.63 Å². The van der Waals surface area contributed by atoms with Crippen molar-refractivity contribution in [2.24, 2.45) is 5.92 Å². The first-order valence-corrected chi connectivity index (χ1v) is 3.93. The summed E-state index contributed by atoms with van der Waals surface area (Å²) in [5.41, 5.74) is 2.75. The average Bonchev–Trinajstić information content (AvgIpc) is 1.86. The molecule has 0 heterocycles. The van der Waals surface area contributed by atoms with Gasteiger partial charge >= 0.3 is 0 Å². The van der Waals surface area contributed by atoms with E-state index in [1.165, 1.54) is 6.92 Å². The molecule has 0 aliphatic rings. The molecule has 0 aromatic heterocycles. The fourth-order valence-corrected chi connectivity index (χ4v) is 0.423. The van der Waals surface area contributed by atoms with E-state index >= 15 is 0 Å². The van der Waals surface area contributed by atoms with Crippen molar-refractivity contribution in [2.75, 3.05) is 6.54 Å². The van der Waals surface area contributed by atoms with Crippen molar-refractivity contribution in [3.8, 4) is 0 Å². The minimum Gasteiger partial charge on any atom is -0.297 e. The molecule has 0 aliphatic carbocycles. The van der Waals surface area contributed by atoms with Crippen LogP contribution in [0.2, 0.25) is 0 Å². The van der Waals surface area contributed by atoms with E-state index in [9.17, 15) is 4.79 Å². The van der Waals surface area contributed by atoms with E-state index < -0.39 is 0 Å². The summed E-state index contributed by atoms with van der Waals surface area (Å²) in [7, 11) is 0. The second-order valence-corrected chi connectivity index (χ2v) is 3.11. The molecule has 0 aliphatic heterocycles. The summed E-state index contributed by atoms with van der Waals surface area (Å²) in [6.07, 6.45) is -0.339. The predicted octanol–water partition coefficient (Wildman–Crippen LogP) is 1.14. The Balaban J connectivity index is 3.31. The highest BCUT2D eigenvalue weighted by atomic mass is 16.7. The second-order valence-electron chi connectivity index (χ2n) is 3.11. The summed E-state index contributed by atoms with van der Waals surface area (Å²) in [5, 5.41) is 0. The molecule has 0 amide bonds. The minimum absolute atomic E-state index is 0.0428. The molecule has 1 atom stereocenters. The molecule has 3 heteroatoms. The molecule has 0 saturated carbocycles. The first-order chi connectivity index (χ1) is 5.04. The Kier molecular flexibility index (Phi) is 5.07. The number of hydrogen-bond donors (Lipinski definition) is 1. The Bertz CT molecular complexity index is 123. The molecule has 1 unspecified atom stereocenters. The molecule has 1 N–H and O–H groups in total. The van der Waals surface area contributed by atoms with Gasteiger partial charge in [0, 0.05) is 6.54 Å². The summed E-state index contributed by atoms with van der Waals surface area (Å²) in [5.74, 6) is 0.579. The molecule has 66 valence electrons. The van der Waals surface area contributed by atoms with Gasteiger partial charge in [0.1, 0.15) is 6.10 Å². The Hall–Kier alpha value is -0.410. The van der Waals surface area contributed by atoms with Crippen LogP contribution in [0.1, 0.15) is 27.7 Å². The van der Waals surface area contributed by atoms with Crippen LogP contribution in [0.3, 0.4) is 0 Å². The normalized spacial score (nSPS) is 13.5. The monoisotopic (exact) mass is 159 g/mol. The maximum Gasteiger partial charge on any atom is 0.160 e. The largest absolute Gasteiger partial charge is 0.297 e. The summed E-state index contributed by atoms with van der Waals surface area (Å²) in [6.45, 7) is 8.18. The van der Waals surface area contributed by atoms with Crippen LogP contribution in [0.15, 0.2) is 0 Å². The van der Waals surface area contributed by atoms with Crippen molar-refractivity contribution in [1.29, 1.82) is 0 Å². The van der Waals surface area contributed by atoms with Crippen molar-refractivity contribution in [3.63, 3.8) is 0 Å². The van der Waals surface area contributed by atoms with Gasteiger partial charge in [-0.25, -0.2) is 5.48 Å². The summed E-state index contributed by atoms with van der Waals surface area (Å²) >= 11 is 0. The number of carbonyl (C=O) groups excluding carboxylic acids is 1. The zero-order valence-electron chi connectivity index (χ0n) is 7.68. The third kappa shape index (κ3) is 6.01. The van der Waals surface area contributed by atoms with Crippen molar-refractivity contribution in [2.45, 2.75) is 33.8 Å². The lowest BCUT2D eigenvalue weighted by atomic mass is 10.2. The highest BCUT2D eigenvalue weighted by Crippen LogP contribution is 1.91. The third-order valence-electron chi connectivity index (χ3n) is 1.32. The average molecular weight is 159 g/mol. The standard InChI is InChI=1S/C8H17NO2/c1-6(2)5-9-11-8(4)7(3)10/h6,8-9H,5H2,1-4H3. The van der Waals surface area contributed by atoms with E-state index in [4.69, 9.17) is 4.84 Å². The van der Waals surface area contributed by atoms with E-state index in [-0.39, 0.29) is 11.9 Å². The number of nitrogens with one attached hydrogen (secondary N) is 1. The molecule has 3 nitrogen and oxygen atoms in total. The number of ketones is 1. The van der Waals surface area contributed by atoms with Crippen LogP contribution < -0.4 is 5.48 Å². The number of carbonyl (C=O) groups is 1. The van der Waals surface area contributed by atoms with Gasteiger partial charge < -0.3 is 0 Å². The van der Waals surface area contributed by atoms with E-state index in [0.717, 1.165) is 6.54 Å². The van der Waals surface area contributed by atoms with Gasteiger partial charge in [-0.2, -0.15) is 0 Å². The van der Waals surface area contributed by atoms with Crippen LogP contribution in [0, 0.1) is 5.92 Å². The smallest absolute Gasteiger partial charge is 0.160 e. The maximum absolute atomic E-state index is 10.7. The number of hydrogen-bond acceptors (Lipinski definition) is 3. The molecule has 11 heavy (non-hydrogen) atoms. The molecule has 0 rings (SSSR count). The zero-order valence-corrected chi connectivity index (χ0v) is 7.68. The molecule has 0 spiro atoms. The second kappa shape index (κ2) is 5.27. The highest BCUT2D eigenvalue weighted by Gasteiger charge is 2.06. The molecule has 0 saturated heterocycles. The van der Waals surface area contributed by atoms with Crippen LogP contribution >= 0.6 is 0 Å². The van der Waals surface area contributed by atoms with Gasteiger partial charge in [0.15, 0.2) is 5.78 Å². The topological polar surface area (TPSA) is 38.3 Å². The summed E-state index contributed by atoms with van der Waals surface area (Å²) in [6, 6.07) is 0. The molecule has 0 aromatic rings. The molecule has 0 radical (unpaired) electrons. The lowest BCUT2D eigenvalue weighted by Crippen LogP contribution is -2.29.